The second-order valence-electron chi connectivity index (χ2n) is 9.24. The Labute approximate surface area is 192 Å². The number of nitrogens with one attached hydrogen (secondary N) is 1. The molecule has 3 unspecified atom stereocenters. The molecule has 3 aromatic heterocycles. The maximum absolute atomic E-state index is 13.4. The van der Waals surface area contributed by atoms with Gasteiger partial charge in [-0.1, -0.05) is 40.0 Å². The van der Waals surface area contributed by atoms with Crippen LogP contribution in [0.4, 0.5) is 0 Å². The third-order valence-electron chi connectivity index (χ3n) is 6.98. The quantitative estimate of drug-likeness (QED) is 0.562. The highest BCUT2D eigenvalue weighted by Crippen LogP contribution is 2.29. The molecule has 1 aliphatic rings. The molecule has 3 heterocycles. The monoisotopic (exact) mass is 455 g/mol. The zero-order chi connectivity index (χ0) is 23.5. The van der Waals surface area contributed by atoms with E-state index in [1.807, 2.05) is 13.0 Å². The first-order chi connectivity index (χ1) is 15.9. The van der Waals surface area contributed by atoms with Crippen LogP contribution >= 0.6 is 0 Å². The Morgan fingerprint density at radius 1 is 1.24 bits per heavy atom. The van der Waals surface area contributed by atoms with E-state index in [1.54, 1.807) is 23.2 Å². The van der Waals surface area contributed by atoms with Gasteiger partial charge in [0, 0.05) is 12.6 Å². The van der Waals surface area contributed by atoms with Crippen molar-refractivity contribution in [2.75, 3.05) is 0 Å². The average Bonchev–Trinajstić information content (AvgIpc) is 3.45. The van der Waals surface area contributed by atoms with Gasteiger partial charge in [0.15, 0.2) is 11.2 Å². The average molecular weight is 456 g/mol. The van der Waals surface area contributed by atoms with E-state index in [0.717, 1.165) is 36.7 Å². The molecule has 0 aromatic carbocycles. The fourth-order valence-electron chi connectivity index (χ4n) is 4.77. The predicted octanol–water partition coefficient (Wildman–Crippen LogP) is 2.74. The summed E-state index contributed by atoms with van der Waals surface area (Å²) in [5, 5.41) is 3.07. The van der Waals surface area contributed by atoms with Crippen molar-refractivity contribution in [2.45, 2.75) is 78.6 Å². The van der Waals surface area contributed by atoms with Gasteiger partial charge in [-0.15, -0.1) is 0 Å². The molecule has 9 heteroatoms. The first kappa shape index (κ1) is 23.1. The number of hydrogen-bond donors (Lipinski definition) is 1. The minimum atomic E-state index is -0.507. The molecule has 0 saturated heterocycles. The Balaban J connectivity index is 1.69. The molecule has 0 aliphatic heterocycles. The van der Waals surface area contributed by atoms with E-state index >= 15 is 0 Å². The van der Waals surface area contributed by atoms with Gasteiger partial charge in [0.25, 0.3) is 5.56 Å². The molecule has 3 atom stereocenters. The lowest BCUT2D eigenvalue weighted by molar-refractivity contribution is -0.123. The number of fused-ring (bicyclic) bond motifs is 1. The number of rotatable bonds is 8. The van der Waals surface area contributed by atoms with Crippen molar-refractivity contribution in [2.24, 2.45) is 11.8 Å². The van der Waals surface area contributed by atoms with Gasteiger partial charge in [0.05, 0.1) is 19.1 Å². The first-order valence-electron chi connectivity index (χ1n) is 11.9. The molecule has 0 spiro atoms. The molecule has 0 bridgehead atoms. The Hall–Kier alpha value is -3.10. The number of unbranched alkanes of at least 4 members (excludes halogenated alkanes) is 1. The summed E-state index contributed by atoms with van der Waals surface area (Å²) >= 11 is 0. The standard InChI is InChI=1S/C24H33N5O4/c1-4-5-11-28-22-21(27(15-25-22)13-18-9-7-12-33-18)23(31)29(24(28)32)14-20(30)26-19-10-6-8-16(2)17(19)3/h7,9,12,15-17,19H,4-6,8,10-11,13-14H2,1-3H3,(H,26,30). The van der Waals surface area contributed by atoms with E-state index < -0.39 is 11.2 Å². The number of carbonyl (C=O) groups is 1. The van der Waals surface area contributed by atoms with Crippen LogP contribution in [-0.4, -0.2) is 30.6 Å². The topological polar surface area (TPSA) is 104 Å². The van der Waals surface area contributed by atoms with E-state index in [0.29, 0.717) is 41.8 Å². The molecule has 9 nitrogen and oxygen atoms in total. The number of furan rings is 1. The van der Waals surface area contributed by atoms with E-state index in [9.17, 15) is 14.4 Å². The molecule has 0 radical (unpaired) electrons. The van der Waals surface area contributed by atoms with Gasteiger partial charge in [-0.3, -0.25) is 14.2 Å². The summed E-state index contributed by atoms with van der Waals surface area (Å²) in [6, 6.07) is 3.66. The summed E-state index contributed by atoms with van der Waals surface area (Å²) in [7, 11) is 0. The fourth-order valence-corrected chi connectivity index (χ4v) is 4.77. The molecule has 4 rings (SSSR count). The second-order valence-corrected chi connectivity index (χ2v) is 9.24. The van der Waals surface area contributed by atoms with Crippen molar-refractivity contribution in [3.8, 4) is 0 Å². The highest BCUT2D eigenvalue weighted by molar-refractivity contribution is 5.77. The van der Waals surface area contributed by atoms with Crippen molar-refractivity contribution in [1.29, 1.82) is 0 Å². The number of imidazole rings is 1. The maximum atomic E-state index is 13.4. The zero-order valence-electron chi connectivity index (χ0n) is 19.6. The first-order valence-corrected chi connectivity index (χ1v) is 11.9. The predicted molar refractivity (Wildman–Crippen MR) is 125 cm³/mol. The van der Waals surface area contributed by atoms with Crippen LogP contribution < -0.4 is 16.6 Å². The largest absolute Gasteiger partial charge is 0.467 e. The number of aromatic nitrogens is 4. The van der Waals surface area contributed by atoms with Gasteiger partial charge in [-0.25, -0.2) is 14.3 Å². The molecular weight excluding hydrogens is 422 g/mol. The number of hydrogen-bond acceptors (Lipinski definition) is 5. The number of aryl methyl sites for hydroxylation is 1. The van der Waals surface area contributed by atoms with Crippen LogP contribution in [0.1, 0.15) is 58.6 Å². The normalized spacial score (nSPS) is 20.9. The van der Waals surface area contributed by atoms with Crippen molar-refractivity contribution in [1.82, 2.24) is 24.0 Å². The Morgan fingerprint density at radius 2 is 2.06 bits per heavy atom. The van der Waals surface area contributed by atoms with Gasteiger partial charge < -0.3 is 14.3 Å². The highest BCUT2D eigenvalue weighted by Gasteiger charge is 2.28. The minimum Gasteiger partial charge on any atom is -0.467 e. The molecule has 1 saturated carbocycles. The van der Waals surface area contributed by atoms with Gasteiger partial charge >= 0.3 is 5.69 Å². The summed E-state index contributed by atoms with van der Waals surface area (Å²) in [6.07, 6.45) is 7.92. The Bertz CT molecular complexity index is 1220. The van der Waals surface area contributed by atoms with Crippen LogP contribution in [0.3, 0.4) is 0 Å². The van der Waals surface area contributed by atoms with Crippen LogP contribution in [0.2, 0.25) is 0 Å². The molecular formula is C24H33N5O4. The van der Waals surface area contributed by atoms with Crippen LogP contribution in [0.25, 0.3) is 11.2 Å². The highest BCUT2D eigenvalue weighted by atomic mass is 16.3. The van der Waals surface area contributed by atoms with Crippen LogP contribution in [0, 0.1) is 11.8 Å². The lowest BCUT2D eigenvalue weighted by Crippen LogP contribution is -2.48. The van der Waals surface area contributed by atoms with Crippen LogP contribution in [0.15, 0.2) is 38.7 Å². The van der Waals surface area contributed by atoms with Gasteiger partial charge in [0.2, 0.25) is 5.91 Å². The summed E-state index contributed by atoms with van der Waals surface area (Å²) in [4.78, 5) is 44.0. The third kappa shape index (κ3) is 4.67. The molecule has 33 heavy (non-hydrogen) atoms. The van der Waals surface area contributed by atoms with E-state index in [1.165, 1.54) is 4.57 Å². The molecule has 178 valence electrons. The lowest BCUT2D eigenvalue weighted by atomic mass is 9.78. The van der Waals surface area contributed by atoms with Crippen LogP contribution in [-0.2, 0) is 24.4 Å². The van der Waals surface area contributed by atoms with Gasteiger partial charge in [-0.05, 0) is 36.8 Å². The fraction of sp³-hybridized carbons (Fsp3) is 0.583. The van der Waals surface area contributed by atoms with E-state index in [-0.39, 0.29) is 18.5 Å². The van der Waals surface area contributed by atoms with E-state index in [2.05, 4.69) is 24.1 Å². The summed E-state index contributed by atoms with van der Waals surface area (Å²) in [6.45, 7) is 6.83. The molecule has 3 aromatic rings. The number of nitrogens with zero attached hydrogens (tertiary/aromatic N) is 4. The maximum Gasteiger partial charge on any atom is 0.333 e. The third-order valence-corrected chi connectivity index (χ3v) is 6.98. The second kappa shape index (κ2) is 9.80. The van der Waals surface area contributed by atoms with Crippen molar-refractivity contribution < 1.29 is 9.21 Å². The van der Waals surface area contributed by atoms with E-state index in [4.69, 9.17) is 4.42 Å². The van der Waals surface area contributed by atoms with Gasteiger partial charge in [-0.2, -0.15) is 0 Å². The zero-order valence-corrected chi connectivity index (χ0v) is 19.6. The molecule has 1 fully saturated rings. The SMILES string of the molecule is CCCCn1c(=O)n(CC(=O)NC2CCCC(C)C2C)c(=O)c2c1ncn2Cc1ccco1. The lowest BCUT2D eigenvalue weighted by Gasteiger charge is -2.34. The molecule has 1 N–H and O–H groups in total. The van der Waals surface area contributed by atoms with Crippen molar-refractivity contribution in [3.63, 3.8) is 0 Å². The summed E-state index contributed by atoms with van der Waals surface area (Å²) in [5.41, 5.74) is -0.359. The summed E-state index contributed by atoms with van der Waals surface area (Å²) in [5.74, 6) is 1.26. The Kier molecular flexibility index (Phi) is 6.85. The number of amides is 1. The molecule has 1 aliphatic carbocycles. The minimum absolute atomic E-state index is 0.0625. The number of carbonyl (C=O) groups excluding carboxylic acids is 1. The van der Waals surface area contributed by atoms with Crippen molar-refractivity contribution in [3.05, 3.63) is 51.3 Å². The smallest absolute Gasteiger partial charge is 0.333 e. The van der Waals surface area contributed by atoms with Crippen LogP contribution in [0.5, 0.6) is 0 Å². The van der Waals surface area contributed by atoms with Crippen molar-refractivity contribution >= 4 is 17.1 Å². The van der Waals surface area contributed by atoms with Gasteiger partial charge in [0.1, 0.15) is 12.3 Å². The summed E-state index contributed by atoms with van der Waals surface area (Å²) < 4.78 is 9.66. The molecule has 1 amide bonds. The Morgan fingerprint density at radius 3 is 2.79 bits per heavy atom.